The maximum absolute atomic E-state index is 11.1. The Balaban J connectivity index is 2.16. The van der Waals surface area contributed by atoms with Gasteiger partial charge in [0.25, 0.3) is 0 Å². The summed E-state index contributed by atoms with van der Waals surface area (Å²) < 4.78 is 0. The number of hydrogen-bond acceptors (Lipinski definition) is 2. The summed E-state index contributed by atoms with van der Waals surface area (Å²) >= 11 is 0. The van der Waals surface area contributed by atoms with Gasteiger partial charge in [0.1, 0.15) is 0 Å². The highest BCUT2D eigenvalue weighted by Gasteiger charge is 2.15. The molecule has 2 nitrogen and oxygen atoms in total. The first kappa shape index (κ1) is 9.41. The van der Waals surface area contributed by atoms with E-state index in [0.29, 0.717) is 6.04 Å². The van der Waals surface area contributed by atoms with Crippen LogP contribution in [0.4, 0.5) is 0 Å². The van der Waals surface area contributed by atoms with Gasteiger partial charge in [-0.3, -0.25) is 4.79 Å². The third-order valence-corrected chi connectivity index (χ3v) is 2.78. The number of carbonyl (C=O) groups excluding carboxylic acids is 1. The van der Waals surface area contributed by atoms with Gasteiger partial charge in [-0.05, 0) is 31.9 Å². The first-order valence-corrected chi connectivity index (χ1v) is 5.11. The fourth-order valence-corrected chi connectivity index (χ4v) is 1.92. The summed E-state index contributed by atoms with van der Waals surface area (Å²) in [6.07, 6.45) is 2.46. The molecule has 1 unspecified atom stereocenters. The van der Waals surface area contributed by atoms with Gasteiger partial charge in [0.15, 0.2) is 5.78 Å². The highest BCUT2D eigenvalue weighted by Crippen LogP contribution is 2.22. The van der Waals surface area contributed by atoms with Crippen molar-refractivity contribution in [3.8, 4) is 0 Å². The van der Waals surface area contributed by atoms with Gasteiger partial charge in [0.05, 0.1) is 0 Å². The maximum atomic E-state index is 11.1. The van der Waals surface area contributed by atoms with Crippen LogP contribution in [0.15, 0.2) is 24.3 Å². The van der Waals surface area contributed by atoms with Crippen molar-refractivity contribution in [3.63, 3.8) is 0 Å². The van der Waals surface area contributed by atoms with E-state index in [-0.39, 0.29) is 5.78 Å². The largest absolute Gasteiger partial charge is 0.310 e. The lowest BCUT2D eigenvalue weighted by atomic mass is 10.0. The number of hydrogen-bond donors (Lipinski definition) is 1. The number of carbonyl (C=O) groups is 1. The monoisotopic (exact) mass is 189 g/mol. The van der Waals surface area contributed by atoms with Gasteiger partial charge in [-0.1, -0.05) is 24.3 Å². The van der Waals surface area contributed by atoms with E-state index in [1.807, 2.05) is 12.1 Å². The summed E-state index contributed by atoms with van der Waals surface area (Å²) in [6, 6.07) is 8.44. The number of benzene rings is 1. The van der Waals surface area contributed by atoms with E-state index in [1.165, 1.54) is 18.4 Å². The minimum absolute atomic E-state index is 0.135. The zero-order chi connectivity index (χ0) is 9.97. The highest BCUT2D eigenvalue weighted by molar-refractivity contribution is 5.94. The SMILES string of the molecule is CC(=O)c1ccc(C2CCCN2)cc1. The van der Waals surface area contributed by atoms with Gasteiger partial charge < -0.3 is 5.32 Å². The van der Waals surface area contributed by atoms with Crippen LogP contribution >= 0.6 is 0 Å². The van der Waals surface area contributed by atoms with E-state index in [4.69, 9.17) is 0 Å². The van der Waals surface area contributed by atoms with Crippen LogP contribution in [0.3, 0.4) is 0 Å². The second-order valence-corrected chi connectivity index (χ2v) is 3.83. The standard InChI is InChI=1S/C12H15NO/c1-9(14)10-4-6-11(7-5-10)12-3-2-8-13-12/h4-7,12-13H,2-3,8H2,1H3. The smallest absolute Gasteiger partial charge is 0.159 e. The van der Waals surface area contributed by atoms with E-state index in [9.17, 15) is 4.79 Å². The van der Waals surface area contributed by atoms with E-state index in [2.05, 4.69) is 17.4 Å². The van der Waals surface area contributed by atoms with E-state index in [1.54, 1.807) is 6.92 Å². The first-order valence-electron chi connectivity index (χ1n) is 5.11. The van der Waals surface area contributed by atoms with Crippen LogP contribution in [0.1, 0.15) is 41.7 Å². The Hall–Kier alpha value is -1.15. The highest BCUT2D eigenvalue weighted by atomic mass is 16.1. The normalized spacial score (nSPS) is 21.1. The Labute approximate surface area is 84.3 Å². The minimum Gasteiger partial charge on any atom is -0.310 e. The van der Waals surface area contributed by atoms with Gasteiger partial charge >= 0.3 is 0 Å². The molecule has 0 saturated carbocycles. The molecule has 1 atom stereocenters. The molecular formula is C12H15NO. The fourth-order valence-electron chi connectivity index (χ4n) is 1.92. The molecule has 2 rings (SSSR count). The van der Waals surface area contributed by atoms with Crippen molar-refractivity contribution in [1.29, 1.82) is 0 Å². The number of nitrogens with one attached hydrogen (secondary N) is 1. The summed E-state index contributed by atoms with van der Waals surface area (Å²) in [6.45, 7) is 2.71. The van der Waals surface area contributed by atoms with Crippen molar-refractivity contribution in [2.45, 2.75) is 25.8 Å². The quantitative estimate of drug-likeness (QED) is 0.723. The van der Waals surface area contributed by atoms with Crippen LogP contribution in [0.25, 0.3) is 0 Å². The predicted molar refractivity (Wildman–Crippen MR) is 56.4 cm³/mol. The lowest BCUT2D eigenvalue weighted by molar-refractivity contribution is 0.101. The average Bonchev–Trinajstić information content (AvgIpc) is 2.71. The minimum atomic E-state index is 0.135. The van der Waals surface area contributed by atoms with Crippen molar-refractivity contribution in [1.82, 2.24) is 5.32 Å². The molecule has 1 aromatic carbocycles. The zero-order valence-corrected chi connectivity index (χ0v) is 8.42. The number of ketones is 1. The van der Waals surface area contributed by atoms with Crippen LogP contribution in [0.2, 0.25) is 0 Å². The molecule has 0 amide bonds. The van der Waals surface area contributed by atoms with Crippen LogP contribution in [-0.4, -0.2) is 12.3 Å². The summed E-state index contributed by atoms with van der Waals surface area (Å²) in [5.41, 5.74) is 2.10. The average molecular weight is 189 g/mol. The molecule has 1 aliphatic heterocycles. The van der Waals surface area contributed by atoms with Gasteiger partial charge in [0.2, 0.25) is 0 Å². The molecule has 0 spiro atoms. The topological polar surface area (TPSA) is 29.1 Å². The number of Topliss-reactive ketones (excluding diaryl/α,β-unsaturated/α-hetero) is 1. The van der Waals surface area contributed by atoms with Crippen molar-refractivity contribution in [2.75, 3.05) is 6.54 Å². The van der Waals surface area contributed by atoms with Crippen LogP contribution in [0, 0.1) is 0 Å². The zero-order valence-electron chi connectivity index (χ0n) is 8.42. The molecule has 1 N–H and O–H groups in total. The predicted octanol–water partition coefficient (Wildman–Crippen LogP) is 2.31. The van der Waals surface area contributed by atoms with Crippen molar-refractivity contribution in [3.05, 3.63) is 35.4 Å². The van der Waals surface area contributed by atoms with Crippen LogP contribution in [0.5, 0.6) is 0 Å². The molecular weight excluding hydrogens is 174 g/mol. The summed E-state index contributed by atoms with van der Waals surface area (Å²) in [5, 5.41) is 3.44. The molecule has 2 heteroatoms. The molecule has 74 valence electrons. The lowest BCUT2D eigenvalue weighted by Gasteiger charge is -2.10. The molecule has 14 heavy (non-hydrogen) atoms. The molecule has 1 aromatic rings. The van der Waals surface area contributed by atoms with Crippen molar-refractivity contribution >= 4 is 5.78 Å². The number of rotatable bonds is 2. The fraction of sp³-hybridized carbons (Fsp3) is 0.417. The van der Waals surface area contributed by atoms with Crippen LogP contribution in [-0.2, 0) is 0 Å². The summed E-state index contributed by atoms with van der Waals surface area (Å²) in [7, 11) is 0. The van der Waals surface area contributed by atoms with E-state index in [0.717, 1.165) is 12.1 Å². The molecule has 0 aliphatic carbocycles. The van der Waals surface area contributed by atoms with Gasteiger partial charge in [0, 0.05) is 11.6 Å². The summed E-state index contributed by atoms with van der Waals surface area (Å²) in [5.74, 6) is 0.135. The molecule has 0 radical (unpaired) electrons. The molecule has 1 saturated heterocycles. The second-order valence-electron chi connectivity index (χ2n) is 3.83. The third-order valence-electron chi connectivity index (χ3n) is 2.78. The molecule has 1 heterocycles. The Kier molecular flexibility index (Phi) is 2.64. The van der Waals surface area contributed by atoms with Gasteiger partial charge in [-0.2, -0.15) is 0 Å². The Morgan fingerprint density at radius 2 is 2.07 bits per heavy atom. The van der Waals surface area contributed by atoms with Crippen molar-refractivity contribution < 1.29 is 4.79 Å². The molecule has 0 aromatic heterocycles. The first-order chi connectivity index (χ1) is 6.77. The summed E-state index contributed by atoms with van der Waals surface area (Å²) in [4.78, 5) is 11.1. The Morgan fingerprint density at radius 1 is 1.36 bits per heavy atom. The Morgan fingerprint density at radius 3 is 2.57 bits per heavy atom. The molecule has 1 aliphatic rings. The molecule has 0 bridgehead atoms. The van der Waals surface area contributed by atoms with Crippen molar-refractivity contribution in [2.24, 2.45) is 0 Å². The van der Waals surface area contributed by atoms with Gasteiger partial charge in [-0.25, -0.2) is 0 Å². The van der Waals surface area contributed by atoms with Gasteiger partial charge in [-0.15, -0.1) is 0 Å². The Bertz CT molecular complexity index is 323. The maximum Gasteiger partial charge on any atom is 0.159 e. The molecule has 1 fully saturated rings. The lowest BCUT2D eigenvalue weighted by Crippen LogP contribution is -2.12. The van der Waals surface area contributed by atoms with Crippen LogP contribution < -0.4 is 5.32 Å². The van der Waals surface area contributed by atoms with E-state index >= 15 is 0 Å². The van der Waals surface area contributed by atoms with E-state index < -0.39 is 0 Å². The second kappa shape index (κ2) is 3.93. The third kappa shape index (κ3) is 1.85.